The first-order valence-electron chi connectivity index (χ1n) is 7.15. The Morgan fingerprint density at radius 2 is 1.53 bits per heavy atom. The molecule has 2 N–H and O–H groups in total. The highest BCUT2D eigenvalue weighted by molar-refractivity contribution is 5.27. The summed E-state index contributed by atoms with van der Waals surface area (Å²) in [6, 6.07) is 8.97. The van der Waals surface area contributed by atoms with Gasteiger partial charge in [0, 0.05) is 12.1 Å². The zero-order valence-corrected chi connectivity index (χ0v) is 13.5. The van der Waals surface area contributed by atoms with Crippen molar-refractivity contribution >= 4 is 0 Å². The summed E-state index contributed by atoms with van der Waals surface area (Å²) < 4.78 is 0. The molecule has 108 valence electrons. The summed E-state index contributed by atoms with van der Waals surface area (Å²) in [6.07, 6.45) is 1.02. The molecule has 2 nitrogen and oxygen atoms in total. The average Bonchev–Trinajstić information content (AvgIpc) is 2.25. The molecule has 19 heavy (non-hydrogen) atoms. The van der Waals surface area contributed by atoms with E-state index < -0.39 is 0 Å². The highest BCUT2D eigenvalue weighted by atomic mass is 15.1. The fourth-order valence-electron chi connectivity index (χ4n) is 1.98. The summed E-state index contributed by atoms with van der Waals surface area (Å²) in [5, 5.41) is 0. The van der Waals surface area contributed by atoms with E-state index in [9.17, 15) is 0 Å². The topological polar surface area (TPSA) is 29.3 Å². The van der Waals surface area contributed by atoms with Gasteiger partial charge in [-0.15, -0.1) is 0 Å². The van der Waals surface area contributed by atoms with Crippen molar-refractivity contribution in [3.63, 3.8) is 0 Å². The van der Waals surface area contributed by atoms with E-state index in [4.69, 9.17) is 5.73 Å². The van der Waals surface area contributed by atoms with Crippen molar-refractivity contribution in [2.24, 2.45) is 5.73 Å². The standard InChI is InChI=1S/C17H30N2/c1-16(2,3)15-9-7-14(8-10-15)13-19(6)12-11-17(4,5)18/h7-10H,11-13,18H2,1-6H3. The average molecular weight is 262 g/mol. The van der Waals surface area contributed by atoms with E-state index in [-0.39, 0.29) is 11.0 Å². The Balaban J connectivity index is 2.54. The van der Waals surface area contributed by atoms with Crippen molar-refractivity contribution < 1.29 is 0 Å². The summed E-state index contributed by atoms with van der Waals surface area (Å²) in [6.45, 7) is 12.9. The first kappa shape index (κ1) is 16.2. The third-order valence-electron chi connectivity index (χ3n) is 3.41. The molecule has 0 aliphatic heterocycles. The molecule has 0 aromatic heterocycles. The van der Waals surface area contributed by atoms with Gasteiger partial charge in [-0.2, -0.15) is 0 Å². The second-order valence-corrected chi connectivity index (χ2v) is 7.42. The second kappa shape index (κ2) is 6.06. The van der Waals surface area contributed by atoms with Gasteiger partial charge in [-0.25, -0.2) is 0 Å². The zero-order valence-electron chi connectivity index (χ0n) is 13.5. The Kier molecular flexibility index (Phi) is 5.17. The Morgan fingerprint density at radius 1 is 1.00 bits per heavy atom. The number of rotatable bonds is 5. The molecule has 0 atom stereocenters. The maximum absolute atomic E-state index is 6.02. The Bertz CT molecular complexity index is 379. The lowest BCUT2D eigenvalue weighted by atomic mass is 9.87. The molecule has 0 unspecified atom stereocenters. The zero-order chi connectivity index (χ0) is 14.7. The van der Waals surface area contributed by atoms with Crippen LogP contribution in [-0.2, 0) is 12.0 Å². The minimum Gasteiger partial charge on any atom is -0.326 e. The van der Waals surface area contributed by atoms with Gasteiger partial charge in [-0.1, -0.05) is 45.0 Å². The van der Waals surface area contributed by atoms with Crippen LogP contribution in [0.25, 0.3) is 0 Å². The lowest BCUT2D eigenvalue weighted by molar-refractivity contribution is 0.289. The van der Waals surface area contributed by atoms with Gasteiger partial charge < -0.3 is 10.6 Å². The molecule has 1 rings (SSSR count). The lowest BCUT2D eigenvalue weighted by Gasteiger charge is -2.24. The van der Waals surface area contributed by atoms with Crippen LogP contribution >= 0.6 is 0 Å². The van der Waals surface area contributed by atoms with Crippen LogP contribution in [0.2, 0.25) is 0 Å². The van der Waals surface area contributed by atoms with Crippen LogP contribution in [0.3, 0.4) is 0 Å². The smallest absolute Gasteiger partial charge is 0.0230 e. The van der Waals surface area contributed by atoms with Crippen molar-refractivity contribution in [3.8, 4) is 0 Å². The normalized spacial score (nSPS) is 13.1. The molecule has 1 aromatic rings. The van der Waals surface area contributed by atoms with Gasteiger partial charge in [0.1, 0.15) is 0 Å². The highest BCUT2D eigenvalue weighted by Gasteiger charge is 2.14. The number of hydrogen-bond acceptors (Lipinski definition) is 2. The minimum atomic E-state index is -0.0790. The first-order valence-corrected chi connectivity index (χ1v) is 7.15. The van der Waals surface area contributed by atoms with E-state index in [0.717, 1.165) is 19.5 Å². The predicted molar refractivity (Wildman–Crippen MR) is 84.4 cm³/mol. The van der Waals surface area contributed by atoms with Crippen LogP contribution in [-0.4, -0.2) is 24.0 Å². The van der Waals surface area contributed by atoms with E-state index in [0.29, 0.717) is 0 Å². The van der Waals surface area contributed by atoms with Crippen molar-refractivity contribution in [1.29, 1.82) is 0 Å². The fourth-order valence-corrected chi connectivity index (χ4v) is 1.98. The summed E-state index contributed by atoms with van der Waals surface area (Å²) >= 11 is 0. The Morgan fingerprint density at radius 3 is 1.95 bits per heavy atom. The summed E-state index contributed by atoms with van der Waals surface area (Å²) in [4.78, 5) is 2.33. The van der Waals surface area contributed by atoms with Crippen LogP contribution < -0.4 is 5.73 Å². The predicted octanol–water partition coefficient (Wildman–Crippen LogP) is 3.54. The minimum absolute atomic E-state index is 0.0790. The van der Waals surface area contributed by atoms with Gasteiger partial charge in [0.2, 0.25) is 0 Å². The Hall–Kier alpha value is -0.860. The molecular weight excluding hydrogens is 232 g/mol. The van der Waals surface area contributed by atoms with E-state index in [1.165, 1.54) is 11.1 Å². The van der Waals surface area contributed by atoms with E-state index >= 15 is 0 Å². The number of nitrogens with two attached hydrogens (primary N) is 1. The van der Waals surface area contributed by atoms with Gasteiger partial charge in [0.25, 0.3) is 0 Å². The van der Waals surface area contributed by atoms with Crippen LogP contribution in [0.15, 0.2) is 24.3 Å². The first-order chi connectivity index (χ1) is 8.58. The number of nitrogens with zero attached hydrogens (tertiary/aromatic N) is 1. The molecule has 2 heteroatoms. The molecular formula is C17H30N2. The van der Waals surface area contributed by atoms with Gasteiger partial charge in [-0.3, -0.25) is 0 Å². The largest absolute Gasteiger partial charge is 0.326 e. The maximum Gasteiger partial charge on any atom is 0.0230 e. The summed E-state index contributed by atoms with van der Waals surface area (Å²) in [5.41, 5.74) is 8.93. The van der Waals surface area contributed by atoms with E-state index in [2.05, 4.69) is 70.8 Å². The van der Waals surface area contributed by atoms with Crippen LogP contribution in [0, 0.1) is 0 Å². The number of benzene rings is 1. The second-order valence-electron chi connectivity index (χ2n) is 7.42. The molecule has 0 heterocycles. The fraction of sp³-hybridized carbons (Fsp3) is 0.647. The van der Waals surface area contributed by atoms with Crippen molar-refractivity contribution in [2.45, 2.75) is 58.5 Å². The molecule has 1 aromatic carbocycles. The van der Waals surface area contributed by atoms with Crippen molar-refractivity contribution in [3.05, 3.63) is 35.4 Å². The molecule has 0 saturated heterocycles. The SMILES string of the molecule is CN(CCC(C)(C)N)Cc1ccc(C(C)(C)C)cc1. The summed E-state index contributed by atoms with van der Waals surface area (Å²) in [7, 11) is 2.16. The monoisotopic (exact) mass is 262 g/mol. The third kappa shape index (κ3) is 6.22. The van der Waals surface area contributed by atoms with Gasteiger partial charge >= 0.3 is 0 Å². The quantitative estimate of drug-likeness (QED) is 0.879. The molecule has 0 bridgehead atoms. The summed E-state index contributed by atoms with van der Waals surface area (Å²) in [5.74, 6) is 0. The molecule has 0 radical (unpaired) electrons. The molecule has 0 amide bonds. The maximum atomic E-state index is 6.02. The highest BCUT2D eigenvalue weighted by Crippen LogP contribution is 2.22. The molecule has 0 aliphatic carbocycles. The van der Waals surface area contributed by atoms with Crippen molar-refractivity contribution in [2.75, 3.05) is 13.6 Å². The van der Waals surface area contributed by atoms with E-state index in [1.807, 2.05) is 0 Å². The molecule has 0 fully saturated rings. The number of hydrogen-bond donors (Lipinski definition) is 1. The molecule has 0 spiro atoms. The van der Waals surface area contributed by atoms with Gasteiger partial charge in [-0.05, 0) is 50.4 Å². The molecule has 0 aliphatic rings. The van der Waals surface area contributed by atoms with Crippen molar-refractivity contribution in [1.82, 2.24) is 4.90 Å². The van der Waals surface area contributed by atoms with E-state index in [1.54, 1.807) is 0 Å². The van der Waals surface area contributed by atoms with Crippen LogP contribution in [0.1, 0.15) is 52.2 Å². The molecule has 0 saturated carbocycles. The van der Waals surface area contributed by atoms with Gasteiger partial charge in [0.05, 0.1) is 0 Å². The van der Waals surface area contributed by atoms with Gasteiger partial charge in [0.15, 0.2) is 0 Å². The van der Waals surface area contributed by atoms with Crippen LogP contribution in [0.5, 0.6) is 0 Å². The lowest BCUT2D eigenvalue weighted by Crippen LogP contribution is -2.36. The Labute approximate surface area is 119 Å². The third-order valence-corrected chi connectivity index (χ3v) is 3.41. The van der Waals surface area contributed by atoms with Crippen LogP contribution in [0.4, 0.5) is 0 Å².